The standard InChI is InChI=1S/C19H18F2N2O2/c1-12-6-7-15(9-17(12)21)23-11-14(8-18(23)24)19(25)22-10-13-4-2-3-5-16(13)20/h2-7,9,14H,8,10-11H2,1H3,(H,22,25)/t14-/m0/s1. The van der Waals surface area contributed by atoms with Gasteiger partial charge in [0.2, 0.25) is 11.8 Å². The third-order valence-electron chi connectivity index (χ3n) is 4.37. The molecule has 2 aromatic carbocycles. The minimum Gasteiger partial charge on any atom is -0.352 e. The summed E-state index contributed by atoms with van der Waals surface area (Å²) in [4.78, 5) is 25.9. The van der Waals surface area contributed by atoms with E-state index in [1.807, 2.05) is 0 Å². The fraction of sp³-hybridized carbons (Fsp3) is 0.263. The Morgan fingerprint density at radius 1 is 1.20 bits per heavy atom. The quantitative estimate of drug-likeness (QED) is 0.927. The van der Waals surface area contributed by atoms with E-state index in [1.165, 1.54) is 17.0 Å². The third-order valence-corrected chi connectivity index (χ3v) is 4.37. The van der Waals surface area contributed by atoms with Crippen LogP contribution >= 0.6 is 0 Å². The third kappa shape index (κ3) is 3.68. The van der Waals surface area contributed by atoms with Crippen molar-refractivity contribution in [2.24, 2.45) is 5.92 Å². The fourth-order valence-electron chi connectivity index (χ4n) is 2.85. The number of nitrogens with zero attached hydrogens (tertiary/aromatic N) is 1. The maximum atomic E-state index is 13.7. The number of halogens is 2. The molecule has 130 valence electrons. The molecule has 0 spiro atoms. The summed E-state index contributed by atoms with van der Waals surface area (Å²) in [5.41, 5.74) is 1.32. The molecule has 2 aromatic rings. The molecule has 0 radical (unpaired) electrons. The molecular formula is C19H18F2N2O2. The maximum Gasteiger partial charge on any atom is 0.227 e. The van der Waals surface area contributed by atoms with Crippen molar-refractivity contribution >= 4 is 17.5 Å². The van der Waals surface area contributed by atoms with Gasteiger partial charge in [0.05, 0.1) is 5.92 Å². The van der Waals surface area contributed by atoms with E-state index < -0.39 is 11.7 Å². The Kier molecular flexibility index (Phi) is 4.79. The molecule has 4 nitrogen and oxygen atoms in total. The largest absolute Gasteiger partial charge is 0.352 e. The molecule has 1 atom stereocenters. The van der Waals surface area contributed by atoms with Gasteiger partial charge in [-0.15, -0.1) is 0 Å². The summed E-state index contributed by atoms with van der Waals surface area (Å²) in [5.74, 6) is -1.86. The molecular weight excluding hydrogens is 326 g/mol. The summed E-state index contributed by atoms with van der Waals surface area (Å²) in [6.45, 7) is 1.89. The second kappa shape index (κ2) is 7.01. The van der Waals surface area contributed by atoms with Crippen molar-refractivity contribution in [2.75, 3.05) is 11.4 Å². The van der Waals surface area contributed by atoms with Crippen LogP contribution in [0.15, 0.2) is 42.5 Å². The smallest absolute Gasteiger partial charge is 0.227 e. The first-order valence-corrected chi connectivity index (χ1v) is 8.03. The number of carbonyl (C=O) groups excluding carboxylic acids is 2. The van der Waals surface area contributed by atoms with E-state index in [4.69, 9.17) is 0 Å². The van der Waals surface area contributed by atoms with Crippen LogP contribution in [0.3, 0.4) is 0 Å². The lowest BCUT2D eigenvalue weighted by atomic mass is 10.1. The molecule has 1 saturated heterocycles. The van der Waals surface area contributed by atoms with E-state index in [9.17, 15) is 18.4 Å². The van der Waals surface area contributed by atoms with Gasteiger partial charge in [0.1, 0.15) is 11.6 Å². The molecule has 6 heteroatoms. The second-order valence-electron chi connectivity index (χ2n) is 6.15. The topological polar surface area (TPSA) is 49.4 Å². The highest BCUT2D eigenvalue weighted by atomic mass is 19.1. The fourth-order valence-corrected chi connectivity index (χ4v) is 2.85. The van der Waals surface area contributed by atoms with Gasteiger partial charge >= 0.3 is 0 Å². The summed E-state index contributed by atoms with van der Waals surface area (Å²) in [6.07, 6.45) is 0.0542. The van der Waals surface area contributed by atoms with Crippen molar-refractivity contribution in [3.05, 3.63) is 65.2 Å². The number of anilines is 1. The monoisotopic (exact) mass is 344 g/mol. The van der Waals surface area contributed by atoms with Crippen molar-refractivity contribution < 1.29 is 18.4 Å². The second-order valence-corrected chi connectivity index (χ2v) is 6.15. The van der Waals surface area contributed by atoms with Crippen molar-refractivity contribution in [3.8, 4) is 0 Å². The number of rotatable bonds is 4. The van der Waals surface area contributed by atoms with Gasteiger partial charge in [-0.25, -0.2) is 8.78 Å². The average molecular weight is 344 g/mol. The summed E-state index contributed by atoms with van der Waals surface area (Å²) >= 11 is 0. The number of benzene rings is 2. The summed E-state index contributed by atoms with van der Waals surface area (Å²) in [6, 6.07) is 10.8. The van der Waals surface area contributed by atoms with Crippen molar-refractivity contribution in [3.63, 3.8) is 0 Å². The van der Waals surface area contributed by atoms with Gasteiger partial charge in [-0.05, 0) is 30.7 Å². The molecule has 1 aliphatic rings. The Hall–Kier alpha value is -2.76. The molecule has 1 heterocycles. The van der Waals surface area contributed by atoms with Crippen LogP contribution in [0.1, 0.15) is 17.5 Å². The zero-order chi connectivity index (χ0) is 18.0. The van der Waals surface area contributed by atoms with Crippen molar-refractivity contribution in [2.45, 2.75) is 19.9 Å². The van der Waals surface area contributed by atoms with Gasteiger partial charge in [0.25, 0.3) is 0 Å². The van der Waals surface area contributed by atoms with Crippen LogP contribution < -0.4 is 10.2 Å². The molecule has 0 aliphatic carbocycles. The number of hydrogen-bond donors (Lipinski definition) is 1. The predicted octanol–water partition coefficient (Wildman–Crippen LogP) is 2.94. The van der Waals surface area contributed by atoms with Crippen LogP contribution in [0.5, 0.6) is 0 Å². The van der Waals surface area contributed by atoms with Crippen LogP contribution in [0.4, 0.5) is 14.5 Å². The summed E-state index contributed by atoms with van der Waals surface area (Å²) in [7, 11) is 0. The Labute approximate surface area is 144 Å². The van der Waals surface area contributed by atoms with Gasteiger partial charge in [-0.3, -0.25) is 9.59 Å². The molecule has 1 aliphatic heterocycles. The number of aryl methyl sites for hydroxylation is 1. The first kappa shape index (κ1) is 17.1. The Morgan fingerprint density at radius 2 is 1.96 bits per heavy atom. The highest BCUT2D eigenvalue weighted by molar-refractivity contribution is 6.00. The molecule has 0 bridgehead atoms. The molecule has 2 amide bonds. The minimum atomic E-state index is -0.538. The average Bonchev–Trinajstić information content (AvgIpc) is 2.98. The van der Waals surface area contributed by atoms with Gasteiger partial charge < -0.3 is 10.2 Å². The number of carbonyl (C=O) groups is 2. The predicted molar refractivity (Wildman–Crippen MR) is 89.8 cm³/mol. The van der Waals surface area contributed by atoms with Crippen LogP contribution in [0.2, 0.25) is 0 Å². The van der Waals surface area contributed by atoms with Gasteiger partial charge in [0.15, 0.2) is 0 Å². The molecule has 0 unspecified atom stereocenters. The van der Waals surface area contributed by atoms with Crippen LogP contribution in [0.25, 0.3) is 0 Å². The SMILES string of the molecule is Cc1ccc(N2C[C@@H](C(=O)NCc3ccccc3F)CC2=O)cc1F. The first-order valence-electron chi connectivity index (χ1n) is 8.03. The molecule has 0 aromatic heterocycles. The van der Waals surface area contributed by atoms with Crippen LogP contribution in [-0.4, -0.2) is 18.4 Å². The highest BCUT2D eigenvalue weighted by Gasteiger charge is 2.35. The minimum absolute atomic E-state index is 0.0542. The Bertz CT molecular complexity index is 823. The highest BCUT2D eigenvalue weighted by Crippen LogP contribution is 2.26. The van der Waals surface area contributed by atoms with Crippen LogP contribution in [-0.2, 0) is 16.1 Å². The lowest BCUT2D eigenvalue weighted by Gasteiger charge is -2.17. The number of amides is 2. The first-order chi connectivity index (χ1) is 12.0. The number of nitrogens with one attached hydrogen (secondary N) is 1. The Balaban J connectivity index is 1.64. The maximum absolute atomic E-state index is 13.7. The summed E-state index contributed by atoms with van der Waals surface area (Å²) < 4.78 is 27.3. The Morgan fingerprint density at radius 3 is 2.68 bits per heavy atom. The summed E-state index contributed by atoms with van der Waals surface area (Å²) in [5, 5.41) is 2.66. The molecule has 1 N–H and O–H groups in total. The van der Waals surface area contributed by atoms with E-state index in [0.717, 1.165) is 0 Å². The molecule has 3 rings (SSSR count). The lowest BCUT2D eigenvalue weighted by Crippen LogP contribution is -2.32. The van der Waals surface area contributed by atoms with Gasteiger partial charge in [0, 0.05) is 30.8 Å². The number of hydrogen-bond acceptors (Lipinski definition) is 2. The van der Waals surface area contributed by atoms with E-state index in [-0.39, 0.29) is 37.1 Å². The van der Waals surface area contributed by atoms with Crippen molar-refractivity contribution in [1.82, 2.24) is 5.32 Å². The van der Waals surface area contributed by atoms with Gasteiger partial charge in [-0.2, -0.15) is 0 Å². The normalized spacial score (nSPS) is 17.0. The van der Waals surface area contributed by atoms with E-state index in [2.05, 4.69) is 5.32 Å². The van der Waals surface area contributed by atoms with E-state index in [0.29, 0.717) is 16.8 Å². The van der Waals surface area contributed by atoms with Crippen LogP contribution in [0, 0.1) is 24.5 Å². The lowest BCUT2D eigenvalue weighted by molar-refractivity contribution is -0.126. The molecule has 1 fully saturated rings. The van der Waals surface area contributed by atoms with E-state index in [1.54, 1.807) is 37.3 Å². The van der Waals surface area contributed by atoms with Gasteiger partial charge in [-0.1, -0.05) is 24.3 Å². The van der Waals surface area contributed by atoms with Crippen molar-refractivity contribution in [1.29, 1.82) is 0 Å². The molecule has 0 saturated carbocycles. The zero-order valence-corrected chi connectivity index (χ0v) is 13.8. The van der Waals surface area contributed by atoms with E-state index >= 15 is 0 Å². The molecule has 25 heavy (non-hydrogen) atoms. The zero-order valence-electron chi connectivity index (χ0n) is 13.8.